The molecule has 0 heterocycles. The van der Waals surface area contributed by atoms with Gasteiger partial charge in [-0.2, -0.15) is 0 Å². The minimum Gasteiger partial charge on any atom is -0.502 e. The second kappa shape index (κ2) is 15.4. The van der Waals surface area contributed by atoms with Gasteiger partial charge in [-0.15, -0.1) is 0 Å². The molecule has 0 radical (unpaired) electrons. The fraction of sp³-hybridized carbons (Fsp3) is 0.286. The Bertz CT molecular complexity index is 1220. The molecule has 0 aliphatic rings. The molecule has 38 heavy (non-hydrogen) atoms. The molecule has 0 aromatic heterocycles. The molecule has 0 spiro atoms. The normalized spacial score (nSPS) is 9.74. The van der Waals surface area contributed by atoms with Gasteiger partial charge in [-0.05, 0) is 54.1 Å². The van der Waals surface area contributed by atoms with E-state index in [1.807, 2.05) is 27.7 Å². The van der Waals surface area contributed by atoms with Crippen molar-refractivity contribution in [2.24, 2.45) is 0 Å². The molecule has 3 aromatic carbocycles. The van der Waals surface area contributed by atoms with E-state index >= 15 is 0 Å². The van der Waals surface area contributed by atoms with E-state index in [0.717, 1.165) is 6.07 Å². The summed E-state index contributed by atoms with van der Waals surface area (Å²) in [5.41, 5.74) is 1.86. The number of methoxy groups -OCH3 is 1. The lowest BCUT2D eigenvalue weighted by Gasteiger charge is -2.27. The molecule has 3 rings (SSSR count). The zero-order chi connectivity index (χ0) is 29.0. The third kappa shape index (κ3) is 8.08. The van der Waals surface area contributed by atoms with Crippen LogP contribution in [0.4, 0.5) is 25.8 Å². The Morgan fingerprint density at radius 2 is 1.66 bits per heavy atom. The average molecular weight is 550 g/mol. The first-order chi connectivity index (χ1) is 18.1. The fourth-order valence-electron chi connectivity index (χ4n) is 3.44. The summed E-state index contributed by atoms with van der Waals surface area (Å²) in [6.45, 7) is 7.87. The van der Waals surface area contributed by atoms with Crippen molar-refractivity contribution in [3.63, 3.8) is 0 Å². The second-order valence-electron chi connectivity index (χ2n) is 7.46. The van der Waals surface area contributed by atoms with Gasteiger partial charge in [0.05, 0.1) is 25.0 Å². The highest BCUT2D eigenvalue weighted by molar-refractivity contribution is 6.31. The van der Waals surface area contributed by atoms with E-state index in [2.05, 4.69) is 5.32 Å². The Kier molecular flexibility index (Phi) is 13.1. The zero-order valence-electron chi connectivity index (χ0n) is 22.6. The number of likely N-dealkylation sites (N-methyl/N-ethyl adjacent to an activating group) is 1. The second-order valence-corrected chi connectivity index (χ2v) is 7.89. The fourth-order valence-corrected chi connectivity index (χ4v) is 3.65. The van der Waals surface area contributed by atoms with Gasteiger partial charge in [0.25, 0.3) is 0 Å². The number of carbonyl (C=O) groups is 2. The largest absolute Gasteiger partial charge is 0.502 e. The van der Waals surface area contributed by atoms with Crippen LogP contribution in [0.5, 0.6) is 11.5 Å². The van der Waals surface area contributed by atoms with E-state index in [-0.39, 0.29) is 17.3 Å². The Morgan fingerprint density at radius 1 is 1.05 bits per heavy atom. The summed E-state index contributed by atoms with van der Waals surface area (Å²) in [5.74, 6) is -2.47. The number of anilines is 3. The summed E-state index contributed by atoms with van der Waals surface area (Å²) < 4.78 is 32.5. The summed E-state index contributed by atoms with van der Waals surface area (Å²) in [6.07, 6.45) is 0.566. The van der Waals surface area contributed by atoms with Crippen LogP contribution in [0.1, 0.15) is 27.7 Å². The number of rotatable bonds is 8. The molecule has 10 heteroatoms. The summed E-state index contributed by atoms with van der Waals surface area (Å²) in [6, 6.07) is 10.9. The van der Waals surface area contributed by atoms with Gasteiger partial charge in [0, 0.05) is 30.4 Å². The number of phenols is 1. The van der Waals surface area contributed by atoms with Gasteiger partial charge in [-0.1, -0.05) is 39.3 Å². The smallest absolute Gasteiger partial charge is 0.243 e. The van der Waals surface area contributed by atoms with E-state index in [9.17, 15) is 23.5 Å². The van der Waals surface area contributed by atoms with E-state index in [0.29, 0.717) is 34.6 Å². The Labute approximate surface area is 227 Å². The van der Waals surface area contributed by atoms with Crippen molar-refractivity contribution in [1.29, 1.82) is 0 Å². The highest BCUT2D eigenvalue weighted by Crippen LogP contribution is 2.43. The maximum Gasteiger partial charge on any atom is 0.243 e. The number of aromatic hydroxyl groups is 1. The third-order valence-corrected chi connectivity index (χ3v) is 5.26. The third-order valence-electron chi connectivity index (χ3n) is 5.04. The van der Waals surface area contributed by atoms with E-state index in [1.54, 1.807) is 18.0 Å². The number of carbonyl (C=O) groups excluding carboxylic acids is 2. The van der Waals surface area contributed by atoms with Crippen molar-refractivity contribution in [3.8, 4) is 22.6 Å². The number of nitrogens with zero attached hydrogens (tertiary/aromatic N) is 2. The standard InChI is InChI=1S/C24H22ClF2N3O4.2C2H6/c1-29(12-22(32)28-17-6-4-16(26)5-7-17)20-11-15(25)10-18(23(20)30(2)13-31)14-8-19(27)24(33)21(9-14)34-3;2*1-2/h4-11,13,33H,12H2,1-3H3,(H,28,32);2*1-2H3. The van der Waals surface area contributed by atoms with Crippen molar-refractivity contribution < 1.29 is 28.2 Å². The monoisotopic (exact) mass is 549 g/mol. The van der Waals surface area contributed by atoms with Crippen LogP contribution in [0.25, 0.3) is 11.1 Å². The van der Waals surface area contributed by atoms with Crippen molar-refractivity contribution in [1.82, 2.24) is 0 Å². The van der Waals surface area contributed by atoms with Crippen molar-refractivity contribution >= 4 is 41.0 Å². The number of hydrogen-bond acceptors (Lipinski definition) is 5. The maximum atomic E-state index is 14.4. The van der Waals surface area contributed by atoms with Crippen LogP contribution in [0.2, 0.25) is 5.02 Å². The van der Waals surface area contributed by atoms with Gasteiger partial charge >= 0.3 is 0 Å². The van der Waals surface area contributed by atoms with Gasteiger partial charge < -0.3 is 25.0 Å². The maximum absolute atomic E-state index is 14.4. The number of hydrogen-bond donors (Lipinski definition) is 2. The predicted octanol–water partition coefficient (Wildman–Crippen LogP) is 6.72. The first-order valence-corrected chi connectivity index (χ1v) is 12.4. The summed E-state index contributed by atoms with van der Waals surface area (Å²) in [5, 5.41) is 12.8. The van der Waals surface area contributed by atoms with Gasteiger partial charge in [-0.25, -0.2) is 8.78 Å². The van der Waals surface area contributed by atoms with Crippen molar-refractivity contribution in [2.45, 2.75) is 27.7 Å². The van der Waals surface area contributed by atoms with Crippen LogP contribution >= 0.6 is 11.6 Å². The van der Waals surface area contributed by atoms with Gasteiger partial charge in [0.15, 0.2) is 17.3 Å². The van der Waals surface area contributed by atoms with Crippen molar-refractivity contribution in [3.05, 3.63) is 65.2 Å². The van der Waals surface area contributed by atoms with Crippen LogP contribution in [0.15, 0.2) is 48.5 Å². The number of halogens is 3. The van der Waals surface area contributed by atoms with Crippen LogP contribution in [0, 0.1) is 11.6 Å². The predicted molar refractivity (Wildman–Crippen MR) is 151 cm³/mol. The van der Waals surface area contributed by atoms with Gasteiger partial charge in [-0.3, -0.25) is 9.59 Å². The molecule has 0 aliphatic carbocycles. The highest BCUT2D eigenvalue weighted by atomic mass is 35.5. The Hall–Kier alpha value is -3.85. The zero-order valence-corrected chi connectivity index (χ0v) is 23.4. The number of phenolic OH excluding ortho intramolecular Hbond substituents is 1. The van der Waals surface area contributed by atoms with Crippen LogP contribution < -0.4 is 19.9 Å². The molecule has 206 valence electrons. The molecule has 2 N–H and O–H groups in total. The molecule has 3 aromatic rings. The topological polar surface area (TPSA) is 82.1 Å². The lowest BCUT2D eigenvalue weighted by Crippen LogP contribution is -2.31. The molecule has 0 saturated heterocycles. The Balaban J connectivity index is 0.00000172. The number of benzene rings is 3. The lowest BCUT2D eigenvalue weighted by molar-refractivity contribution is -0.115. The van der Waals surface area contributed by atoms with E-state index < -0.39 is 23.3 Å². The number of nitrogens with one attached hydrogen (secondary N) is 1. The molecule has 0 bridgehead atoms. The molecule has 2 amide bonds. The molecular weight excluding hydrogens is 516 g/mol. The summed E-state index contributed by atoms with van der Waals surface area (Å²) >= 11 is 6.35. The first-order valence-electron chi connectivity index (χ1n) is 12.0. The average Bonchev–Trinajstić information content (AvgIpc) is 2.92. The SMILES string of the molecule is CC.CC.COc1cc(-c2cc(Cl)cc(N(C)CC(=O)Nc3ccc(F)cc3)c2N(C)C=O)cc(F)c1O. The van der Waals surface area contributed by atoms with Gasteiger partial charge in [0.2, 0.25) is 12.3 Å². The number of ether oxygens (including phenoxy) is 1. The molecule has 0 aliphatic heterocycles. The Morgan fingerprint density at radius 3 is 2.21 bits per heavy atom. The van der Waals surface area contributed by atoms with Gasteiger partial charge in [0.1, 0.15) is 5.82 Å². The number of amides is 2. The molecule has 7 nitrogen and oxygen atoms in total. The first kappa shape index (κ1) is 32.2. The van der Waals surface area contributed by atoms with E-state index in [4.69, 9.17) is 16.3 Å². The molecular formula is C28H34ClF2N3O4. The molecule has 0 fully saturated rings. The van der Waals surface area contributed by atoms with E-state index in [1.165, 1.54) is 55.5 Å². The molecule has 0 saturated carbocycles. The van der Waals surface area contributed by atoms with Crippen LogP contribution in [0.3, 0.4) is 0 Å². The molecule has 0 atom stereocenters. The minimum atomic E-state index is -0.914. The summed E-state index contributed by atoms with van der Waals surface area (Å²) in [4.78, 5) is 27.1. The lowest BCUT2D eigenvalue weighted by atomic mass is 10.00. The van der Waals surface area contributed by atoms with Crippen LogP contribution in [-0.4, -0.2) is 45.2 Å². The van der Waals surface area contributed by atoms with Crippen LogP contribution in [-0.2, 0) is 9.59 Å². The van der Waals surface area contributed by atoms with Crippen molar-refractivity contribution in [2.75, 3.05) is 42.9 Å². The molecule has 0 unspecified atom stereocenters. The highest BCUT2D eigenvalue weighted by Gasteiger charge is 2.22. The quantitative estimate of drug-likeness (QED) is 0.305. The summed E-state index contributed by atoms with van der Waals surface area (Å²) in [7, 11) is 4.41. The minimum absolute atomic E-state index is 0.0942.